The molecule has 1 aliphatic heterocycles. The van der Waals surface area contributed by atoms with E-state index in [2.05, 4.69) is 65.9 Å². The van der Waals surface area contributed by atoms with E-state index >= 15 is 0 Å². The van der Waals surface area contributed by atoms with E-state index in [1.165, 1.54) is 52.7 Å². The average molecular weight is 741 g/mol. The van der Waals surface area contributed by atoms with Crippen LogP contribution in [0.25, 0.3) is 33.4 Å². The minimum absolute atomic E-state index is 0.0572. The second-order valence-electron chi connectivity index (χ2n) is 14.1. The third kappa shape index (κ3) is 7.75. The fourth-order valence-electron chi connectivity index (χ4n) is 7.81. The molecule has 1 saturated heterocycles. The quantitative estimate of drug-likeness (QED) is 0.194. The monoisotopic (exact) mass is 739 g/mol. The van der Waals surface area contributed by atoms with Crippen molar-refractivity contribution in [3.05, 3.63) is 114 Å². The molecule has 2 aromatic carbocycles. The number of fused-ring (bicyclic) bond motifs is 2. The fraction of sp³-hybridized carbons (Fsp3) is 0.357. The Balaban J connectivity index is 0.000000194. The van der Waals surface area contributed by atoms with Crippen molar-refractivity contribution in [2.45, 2.75) is 81.6 Å². The third-order valence-corrected chi connectivity index (χ3v) is 10.5. The number of pyridine rings is 2. The molecule has 5 heterocycles. The van der Waals surface area contributed by atoms with E-state index in [1.54, 1.807) is 6.07 Å². The lowest BCUT2D eigenvalue weighted by molar-refractivity contribution is -0.191. The van der Waals surface area contributed by atoms with Crippen LogP contribution in [0.4, 0.5) is 5.69 Å². The Morgan fingerprint density at radius 1 is 0.731 bits per heavy atom. The van der Waals surface area contributed by atoms with Crippen molar-refractivity contribution in [1.29, 1.82) is 0 Å². The number of hydrogen-bond donors (Lipinski definition) is 1. The van der Waals surface area contributed by atoms with Gasteiger partial charge in [0.25, 0.3) is 0 Å². The molecule has 10 heteroatoms. The van der Waals surface area contributed by atoms with Crippen molar-refractivity contribution < 1.29 is 9.59 Å². The van der Waals surface area contributed by atoms with Crippen LogP contribution in [0.15, 0.2) is 53.6 Å². The molecule has 52 heavy (non-hydrogen) atoms. The highest BCUT2D eigenvalue weighted by Crippen LogP contribution is 2.37. The summed E-state index contributed by atoms with van der Waals surface area (Å²) < 4.78 is 4.32. The van der Waals surface area contributed by atoms with Crippen molar-refractivity contribution in [3.63, 3.8) is 0 Å². The largest absolute Gasteiger partial charge is 0.373 e. The number of aryl methyl sites for hydroxylation is 8. The van der Waals surface area contributed by atoms with Gasteiger partial charge >= 0.3 is 6.15 Å². The Labute approximate surface area is 315 Å². The minimum Gasteiger partial charge on any atom is -0.371 e. The fourth-order valence-corrected chi connectivity index (χ4v) is 8.47. The minimum atomic E-state index is 0.0572. The number of piperidine rings is 1. The summed E-state index contributed by atoms with van der Waals surface area (Å²) in [4.78, 5) is 39.3. The Morgan fingerprint density at radius 3 is 1.73 bits per heavy atom. The summed E-state index contributed by atoms with van der Waals surface area (Å²) in [6, 6.07) is 11.9. The highest BCUT2D eigenvalue weighted by atomic mass is 35.5. The van der Waals surface area contributed by atoms with E-state index < -0.39 is 0 Å². The summed E-state index contributed by atoms with van der Waals surface area (Å²) in [6.07, 6.45) is 8.36. The van der Waals surface area contributed by atoms with Gasteiger partial charge in [0, 0.05) is 64.1 Å². The first-order valence-electron chi connectivity index (χ1n) is 17.7. The first-order chi connectivity index (χ1) is 24.7. The van der Waals surface area contributed by atoms with Gasteiger partial charge in [-0.2, -0.15) is 9.59 Å². The Morgan fingerprint density at radius 2 is 1.21 bits per heavy atom. The van der Waals surface area contributed by atoms with Crippen LogP contribution >= 0.6 is 23.2 Å². The Hall–Kier alpha value is -4.62. The molecule has 272 valence electrons. The van der Waals surface area contributed by atoms with E-state index in [-0.39, 0.29) is 11.6 Å². The van der Waals surface area contributed by atoms with Crippen molar-refractivity contribution in [2.24, 2.45) is 5.92 Å². The molecule has 1 N–H and O–H groups in total. The second-order valence-corrected chi connectivity index (χ2v) is 15.0. The molecule has 0 spiro atoms. The molecule has 0 amide bonds. The zero-order chi connectivity index (χ0) is 38.0. The number of benzene rings is 2. The molecular formula is C42H47Cl2N5O3. The first kappa shape index (κ1) is 38.6. The first-order valence-corrected chi connectivity index (χ1v) is 18.4. The summed E-state index contributed by atoms with van der Waals surface area (Å²) in [5, 5.41) is 3.55. The topological polar surface area (TPSA) is 93.0 Å². The molecule has 0 bridgehead atoms. The zero-order valence-electron chi connectivity index (χ0n) is 31.5. The molecule has 4 aromatic heterocycles. The molecule has 0 radical (unpaired) electrons. The van der Waals surface area contributed by atoms with Crippen LogP contribution < -0.4 is 10.3 Å². The van der Waals surface area contributed by atoms with Crippen molar-refractivity contribution in [2.75, 3.05) is 18.0 Å². The van der Waals surface area contributed by atoms with E-state index in [4.69, 9.17) is 37.8 Å². The average Bonchev–Trinajstić information content (AvgIpc) is 3.56. The summed E-state index contributed by atoms with van der Waals surface area (Å²) in [5.41, 5.74) is 14.3. The van der Waals surface area contributed by atoms with Crippen LogP contribution in [0.5, 0.6) is 0 Å². The molecule has 0 unspecified atom stereocenters. The van der Waals surface area contributed by atoms with Gasteiger partial charge < -0.3 is 19.0 Å². The molecule has 0 saturated carbocycles. The molecule has 7 rings (SSSR count). The van der Waals surface area contributed by atoms with Crippen LogP contribution in [0.1, 0.15) is 71.0 Å². The summed E-state index contributed by atoms with van der Waals surface area (Å²) >= 11 is 12.4. The van der Waals surface area contributed by atoms with Gasteiger partial charge in [0.2, 0.25) is 0 Å². The number of aromatic nitrogens is 4. The number of rotatable bonds is 4. The number of halogens is 2. The third-order valence-electron chi connectivity index (χ3n) is 10.1. The predicted octanol–water partition coefficient (Wildman–Crippen LogP) is 10.2. The normalized spacial score (nSPS) is 13.1. The van der Waals surface area contributed by atoms with E-state index in [9.17, 15) is 4.79 Å². The molecule has 0 aliphatic carbocycles. The van der Waals surface area contributed by atoms with Crippen LogP contribution in [-0.4, -0.2) is 38.3 Å². The molecular weight excluding hydrogens is 693 g/mol. The van der Waals surface area contributed by atoms with Gasteiger partial charge in [0.15, 0.2) is 5.43 Å². The predicted molar refractivity (Wildman–Crippen MR) is 213 cm³/mol. The van der Waals surface area contributed by atoms with Gasteiger partial charge in [0.1, 0.15) is 11.3 Å². The Kier molecular flexibility index (Phi) is 11.8. The Bertz CT molecular complexity index is 2330. The molecule has 8 nitrogen and oxygen atoms in total. The van der Waals surface area contributed by atoms with Crippen molar-refractivity contribution >= 4 is 57.1 Å². The lowest BCUT2D eigenvalue weighted by Gasteiger charge is -2.34. The number of hydrogen-bond acceptors (Lipinski definition) is 5. The lowest BCUT2D eigenvalue weighted by Crippen LogP contribution is -2.33. The van der Waals surface area contributed by atoms with Crippen molar-refractivity contribution in [3.8, 4) is 11.4 Å². The molecule has 0 atom stereocenters. The van der Waals surface area contributed by atoms with Gasteiger partial charge in [-0.15, -0.1) is 0 Å². The zero-order valence-corrected chi connectivity index (χ0v) is 33.0. The second kappa shape index (κ2) is 16.0. The molecule has 1 aliphatic rings. The van der Waals surface area contributed by atoms with Crippen LogP contribution in [-0.2, 0) is 9.59 Å². The van der Waals surface area contributed by atoms with Gasteiger partial charge in [0.05, 0.1) is 16.8 Å². The highest BCUT2D eigenvalue weighted by molar-refractivity contribution is 6.31. The van der Waals surface area contributed by atoms with E-state index in [1.807, 2.05) is 58.2 Å². The van der Waals surface area contributed by atoms with Gasteiger partial charge in [-0.05, 0) is 138 Å². The number of nitrogens with one attached hydrogen (secondary N) is 1. The maximum absolute atomic E-state index is 12.2. The summed E-state index contributed by atoms with van der Waals surface area (Å²) in [5.74, 6) is 0.875. The van der Waals surface area contributed by atoms with Gasteiger partial charge in [-0.1, -0.05) is 36.5 Å². The van der Waals surface area contributed by atoms with Crippen LogP contribution in [0.3, 0.4) is 0 Å². The smallest absolute Gasteiger partial charge is 0.371 e. The number of H-pyrrole nitrogens is 1. The number of nitrogens with zero attached hydrogens (tertiary/aromatic N) is 4. The standard InChI is InChI=1S/C24H30ClN3.C17H17ClN2O.CO2/c1-6-19-7-9-27(10-8-19)21-13-18(5)26-24-22(21)17(4)14-28(24)23-15(2)11-20(25)12-16(23)3;1-9-5-13(18)6-10(2)16(9)20-8-11(3)15-14(21)7-12(4)19-17(15)20;2-1-3/h11-14,19H,6-10H2,1-5H3;5-8H,1-4H3,(H,19,21);. The van der Waals surface area contributed by atoms with Gasteiger partial charge in [-0.3, -0.25) is 4.79 Å². The van der Waals surface area contributed by atoms with Crippen LogP contribution in [0, 0.1) is 61.3 Å². The number of anilines is 1. The SMILES string of the molecule is CCC1CCN(c2cc(C)nc3c2c(C)cn3-c2c(C)cc(Cl)cc2C)CC1.Cc1cc(=O)c2c(C)cn(-c3c(C)cc(Cl)cc3C)c2[nH]1.O=C=O. The van der Waals surface area contributed by atoms with E-state index in [0.717, 1.165) is 79.5 Å². The van der Waals surface area contributed by atoms with E-state index in [0.29, 0.717) is 0 Å². The maximum Gasteiger partial charge on any atom is 0.373 e. The molecule has 6 aromatic rings. The summed E-state index contributed by atoms with van der Waals surface area (Å²) in [7, 11) is 0. The highest BCUT2D eigenvalue weighted by Gasteiger charge is 2.23. The summed E-state index contributed by atoms with van der Waals surface area (Å²) in [6.45, 7) is 21.1. The van der Waals surface area contributed by atoms with Crippen LogP contribution in [0.2, 0.25) is 10.0 Å². The van der Waals surface area contributed by atoms with Gasteiger partial charge in [-0.25, -0.2) is 4.98 Å². The van der Waals surface area contributed by atoms with Crippen molar-refractivity contribution in [1.82, 2.24) is 19.1 Å². The number of carbonyl (C=O) groups excluding carboxylic acids is 2. The molecule has 1 fully saturated rings. The maximum atomic E-state index is 12.2. The lowest BCUT2D eigenvalue weighted by atomic mass is 9.94. The number of aromatic amines is 1.